The second kappa shape index (κ2) is 11.9. The van der Waals surface area contributed by atoms with Crippen molar-refractivity contribution in [2.75, 3.05) is 26.2 Å². The van der Waals surface area contributed by atoms with E-state index in [1.165, 1.54) is 32.4 Å². The second-order valence-electron chi connectivity index (χ2n) is 9.71. The van der Waals surface area contributed by atoms with Crippen molar-refractivity contribution in [2.24, 2.45) is 0 Å². The topological polar surface area (TPSA) is 71.9 Å². The van der Waals surface area contributed by atoms with Crippen LogP contribution < -0.4 is 4.74 Å². The molecule has 0 amide bonds. The minimum Gasteiger partial charge on any atom is -0.476 e. The summed E-state index contributed by atoms with van der Waals surface area (Å²) in [5.74, 6) is 0.685. The number of para-hydroxylation sites is 3. The van der Waals surface area contributed by atoms with E-state index in [1.54, 1.807) is 6.33 Å². The number of nitrogens with zero attached hydrogens (tertiary/aromatic N) is 5. The van der Waals surface area contributed by atoms with Crippen LogP contribution in [0.4, 0.5) is 0 Å². The molecule has 0 radical (unpaired) electrons. The Bertz CT molecular complexity index is 1590. The molecule has 7 nitrogen and oxygen atoms in total. The molecule has 0 saturated carbocycles. The second-order valence-corrected chi connectivity index (χ2v) is 9.71. The first-order chi connectivity index (χ1) is 19.3. The third-order valence-electron chi connectivity index (χ3n) is 7.09. The summed E-state index contributed by atoms with van der Waals surface area (Å²) < 4.78 is 7.96. The standard InChI is InChI=1S/C25H26N4O.C7H6N2/c1-3-7-22(8-4-1)29-19-27-23-17-20(9-11-24(23)29)21-10-12-25(26-18-21)30-16-15-28-13-5-2-6-14-28;1-2-4-7-6(3-1)8-5-9-7/h1,3-4,7-12,17-19H,2,5-6,13-16H2;1-5H,(H,8,9). The van der Waals surface area contributed by atoms with Crippen molar-refractivity contribution in [2.45, 2.75) is 19.3 Å². The van der Waals surface area contributed by atoms with Gasteiger partial charge in [-0.3, -0.25) is 9.47 Å². The number of imidazole rings is 2. The summed E-state index contributed by atoms with van der Waals surface area (Å²) in [5.41, 5.74) is 7.46. The lowest BCUT2D eigenvalue weighted by Gasteiger charge is -2.26. The molecule has 3 aromatic heterocycles. The van der Waals surface area contributed by atoms with Crippen molar-refractivity contribution in [1.29, 1.82) is 0 Å². The summed E-state index contributed by atoms with van der Waals surface area (Å²) in [6, 6.07) is 28.6. The average Bonchev–Trinajstić information content (AvgIpc) is 3.66. The first-order valence-corrected chi connectivity index (χ1v) is 13.6. The van der Waals surface area contributed by atoms with Crippen molar-refractivity contribution >= 4 is 22.1 Å². The molecule has 196 valence electrons. The van der Waals surface area contributed by atoms with Gasteiger partial charge in [-0.05, 0) is 74.0 Å². The van der Waals surface area contributed by atoms with Crippen LogP contribution in [-0.2, 0) is 0 Å². The van der Waals surface area contributed by atoms with Crippen LogP contribution in [0.25, 0.3) is 38.9 Å². The van der Waals surface area contributed by atoms with Crippen LogP contribution in [-0.4, -0.2) is 55.6 Å². The van der Waals surface area contributed by atoms with Gasteiger partial charge in [0.15, 0.2) is 0 Å². The Hall–Kier alpha value is -4.49. The van der Waals surface area contributed by atoms with Crippen LogP contribution in [0.5, 0.6) is 5.88 Å². The molecule has 1 aliphatic rings. The average molecular weight is 517 g/mol. The highest BCUT2D eigenvalue weighted by Gasteiger charge is 2.10. The van der Waals surface area contributed by atoms with Crippen LogP contribution in [0.2, 0.25) is 0 Å². The number of piperidine rings is 1. The zero-order chi connectivity index (χ0) is 26.3. The molecular formula is C32H32N6O. The van der Waals surface area contributed by atoms with E-state index in [0.29, 0.717) is 12.5 Å². The highest BCUT2D eigenvalue weighted by molar-refractivity contribution is 5.83. The zero-order valence-electron chi connectivity index (χ0n) is 21.9. The van der Waals surface area contributed by atoms with Crippen molar-refractivity contribution in [3.8, 4) is 22.7 Å². The van der Waals surface area contributed by atoms with Gasteiger partial charge in [0, 0.05) is 30.1 Å². The molecule has 1 aliphatic heterocycles. The van der Waals surface area contributed by atoms with Gasteiger partial charge in [0.2, 0.25) is 5.88 Å². The van der Waals surface area contributed by atoms with E-state index in [9.17, 15) is 0 Å². The molecule has 1 fully saturated rings. The highest BCUT2D eigenvalue weighted by Crippen LogP contribution is 2.26. The fraction of sp³-hybridized carbons (Fsp3) is 0.219. The van der Waals surface area contributed by atoms with E-state index in [1.807, 2.05) is 61.1 Å². The van der Waals surface area contributed by atoms with Crippen LogP contribution in [0.3, 0.4) is 0 Å². The lowest BCUT2D eigenvalue weighted by atomic mass is 10.1. The van der Waals surface area contributed by atoms with E-state index in [0.717, 1.165) is 45.4 Å². The monoisotopic (exact) mass is 516 g/mol. The third kappa shape index (κ3) is 5.99. The summed E-state index contributed by atoms with van der Waals surface area (Å²) in [6.07, 6.45) is 9.43. The van der Waals surface area contributed by atoms with Gasteiger partial charge in [0.25, 0.3) is 0 Å². The first kappa shape index (κ1) is 24.8. The molecule has 0 aliphatic carbocycles. The highest BCUT2D eigenvalue weighted by atomic mass is 16.5. The number of aromatic nitrogens is 5. The number of nitrogens with one attached hydrogen (secondary N) is 1. The molecule has 1 saturated heterocycles. The summed E-state index contributed by atoms with van der Waals surface area (Å²) >= 11 is 0. The third-order valence-corrected chi connectivity index (χ3v) is 7.09. The molecule has 3 aromatic carbocycles. The normalized spacial score (nSPS) is 13.7. The minimum atomic E-state index is 0.685. The van der Waals surface area contributed by atoms with E-state index in [4.69, 9.17) is 4.74 Å². The van der Waals surface area contributed by atoms with Crippen LogP contribution in [0.1, 0.15) is 19.3 Å². The van der Waals surface area contributed by atoms with E-state index >= 15 is 0 Å². The molecule has 39 heavy (non-hydrogen) atoms. The Morgan fingerprint density at radius 1 is 0.744 bits per heavy atom. The molecule has 6 aromatic rings. The van der Waals surface area contributed by atoms with Gasteiger partial charge in [0.1, 0.15) is 12.9 Å². The Balaban J connectivity index is 0.000000258. The number of rotatable bonds is 6. The van der Waals surface area contributed by atoms with Gasteiger partial charge in [-0.2, -0.15) is 0 Å². The molecule has 4 heterocycles. The van der Waals surface area contributed by atoms with Gasteiger partial charge in [0.05, 0.1) is 28.4 Å². The maximum atomic E-state index is 5.85. The number of likely N-dealkylation sites (tertiary alicyclic amines) is 1. The lowest BCUT2D eigenvalue weighted by Crippen LogP contribution is -2.33. The molecule has 7 heteroatoms. The maximum Gasteiger partial charge on any atom is 0.213 e. The van der Waals surface area contributed by atoms with Crippen LogP contribution in [0, 0.1) is 0 Å². The van der Waals surface area contributed by atoms with E-state index < -0.39 is 0 Å². The number of aromatic amines is 1. The molecule has 0 bridgehead atoms. The number of fused-ring (bicyclic) bond motifs is 2. The molecule has 0 spiro atoms. The van der Waals surface area contributed by atoms with E-state index in [-0.39, 0.29) is 0 Å². The molecule has 7 rings (SSSR count). The number of benzene rings is 3. The van der Waals surface area contributed by atoms with Crippen LogP contribution in [0.15, 0.2) is 104 Å². The van der Waals surface area contributed by atoms with Gasteiger partial charge in [-0.1, -0.05) is 42.8 Å². The minimum absolute atomic E-state index is 0.685. The zero-order valence-corrected chi connectivity index (χ0v) is 21.9. The largest absolute Gasteiger partial charge is 0.476 e. The first-order valence-electron chi connectivity index (χ1n) is 13.6. The molecular weight excluding hydrogens is 484 g/mol. The predicted molar refractivity (Wildman–Crippen MR) is 156 cm³/mol. The lowest BCUT2D eigenvalue weighted by molar-refractivity contribution is 0.180. The SMILES string of the molecule is c1ccc(-n2cnc3cc(-c4ccc(OCCN5CCCCC5)nc4)ccc32)cc1.c1ccc2[nH]cnc2c1. The Morgan fingerprint density at radius 2 is 1.56 bits per heavy atom. The molecule has 0 unspecified atom stereocenters. The summed E-state index contributed by atoms with van der Waals surface area (Å²) in [5, 5.41) is 0. The van der Waals surface area contributed by atoms with Crippen molar-refractivity contribution in [3.05, 3.63) is 104 Å². The van der Waals surface area contributed by atoms with E-state index in [2.05, 4.69) is 65.8 Å². The number of ether oxygens (including phenoxy) is 1. The Labute approximate surface area is 228 Å². The van der Waals surface area contributed by atoms with Crippen LogP contribution >= 0.6 is 0 Å². The van der Waals surface area contributed by atoms with Crippen molar-refractivity contribution in [3.63, 3.8) is 0 Å². The smallest absolute Gasteiger partial charge is 0.213 e. The maximum absolute atomic E-state index is 5.85. The van der Waals surface area contributed by atoms with Gasteiger partial charge in [-0.25, -0.2) is 15.0 Å². The molecule has 0 atom stereocenters. The Kier molecular flexibility index (Phi) is 7.59. The van der Waals surface area contributed by atoms with Gasteiger partial charge >= 0.3 is 0 Å². The summed E-state index contributed by atoms with van der Waals surface area (Å²) in [7, 11) is 0. The van der Waals surface area contributed by atoms with Crippen molar-refractivity contribution < 1.29 is 4.74 Å². The molecule has 1 N–H and O–H groups in total. The number of pyridine rings is 1. The number of H-pyrrole nitrogens is 1. The fourth-order valence-electron chi connectivity index (χ4n) is 4.96. The quantitative estimate of drug-likeness (QED) is 0.273. The fourth-order valence-corrected chi connectivity index (χ4v) is 4.96. The van der Waals surface area contributed by atoms with Gasteiger partial charge in [-0.15, -0.1) is 0 Å². The number of hydrogen-bond acceptors (Lipinski definition) is 5. The van der Waals surface area contributed by atoms with Crippen molar-refractivity contribution in [1.82, 2.24) is 29.4 Å². The number of hydrogen-bond donors (Lipinski definition) is 1. The summed E-state index contributed by atoms with van der Waals surface area (Å²) in [6.45, 7) is 4.05. The van der Waals surface area contributed by atoms with Gasteiger partial charge < -0.3 is 9.72 Å². The summed E-state index contributed by atoms with van der Waals surface area (Å²) in [4.78, 5) is 18.6. The Morgan fingerprint density at radius 3 is 2.38 bits per heavy atom. The predicted octanol–water partition coefficient (Wildman–Crippen LogP) is 6.52.